The topological polar surface area (TPSA) is 9.23 Å². The monoisotopic (exact) mass is 470 g/mol. The van der Waals surface area contributed by atoms with E-state index in [9.17, 15) is 0 Å². The molecular formula is C30H38OSi2. The van der Waals surface area contributed by atoms with Crippen LogP contribution in [0.15, 0.2) is 91.0 Å². The van der Waals surface area contributed by atoms with Gasteiger partial charge in [0.1, 0.15) is 13.7 Å². The Morgan fingerprint density at radius 3 is 1.67 bits per heavy atom. The first-order valence-corrected chi connectivity index (χ1v) is 18.3. The van der Waals surface area contributed by atoms with Crippen LogP contribution in [0.4, 0.5) is 0 Å². The summed E-state index contributed by atoms with van der Waals surface area (Å²) >= 11 is 0. The second-order valence-corrected chi connectivity index (χ2v) is 21.7. The highest BCUT2D eigenvalue weighted by molar-refractivity contribution is 7.52. The van der Waals surface area contributed by atoms with Crippen LogP contribution in [0.5, 0.6) is 0 Å². The molecule has 0 saturated heterocycles. The Hall–Kier alpha value is -2.39. The summed E-state index contributed by atoms with van der Waals surface area (Å²) in [5.41, 5.74) is 0. The van der Waals surface area contributed by atoms with Crippen molar-refractivity contribution in [2.24, 2.45) is 0 Å². The molecule has 0 amide bonds. The zero-order chi connectivity index (χ0) is 23.6. The van der Waals surface area contributed by atoms with E-state index in [1.165, 1.54) is 41.2 Å². The molecule has 1 atom stereocenters. The summed E-state index contributed by atoms with van der Waals surface area (Å²) in [5.74, 6) is 6.89. The second kappa shape index (κ2) is 12.2. The molecule has 0 spiro atoms. The second-order valence-electron chi connectivity index (χ2n) is 9.30. The third-order valence-corrected chi connectivity index (χ3v) is 21.3. The molecule has 0 aliphatic carbocycles. The van der Waals surface area contributed by atoms with E-state index >= 15 is 0 Å². The lowest BCUT2D eigenvalue weighted by Crippen LogP contribution is -2.80. The van der Waals surface area contributed by atoms with Crippen LogP contribution in [0.25, 0.3) is 0 Å². The van der Waals surface area contributed by atoms with Crippen LogP contribution < -0.4 is 15.6 Å². The van der Waals surface area contributed by atoms with E-state index < -0.39 is 15.4 Å². The number of rotatable bonds is 10. The Balaban J connectivity index is 2.08. The summed E-state index contributed by atoms with van der Waals surface area (Å²) < 4.78 is 7.28. The Kier molecular flexibility index (Phi) is 9.32. The first kappa shape index (κ1) is 25.2. The quantitative estimate of drug-likeness (QED) is 0.206. The molecule has 0 radical (unpaired) electrons. The van der Waals surface area contributed by atoms with E-state index in [2.05, 4.69) is 130 Å². The van der Waals surface area contributed by atoms with Crippen LogP contribution in [-0.2, 0) is 4.43 Å². The molecule has 0 heterocycles. The fourth-order valence-electron chi connectivity index (χ4n) is 4.73. The molecule has 0 fully saturated rings. The van der Waals surface area contributed by atoms with Crippen molar-refractivity contribution in [2.75, 3.05) is 0 Å². The average molecular weight is 471 g/mol. The molecule has 33 heavy (non-hydrogen) atoms. The molecule has 0 bridgehead atoms. The maximum Gasteiger partial charge on any atom is 0.247 e. The highest BCUT2D eigenvalue weighted by atomic mass is 29.3. The largest absolute Gasteiger partial charge is 0.397 e. The number of hydrogen-bond donors (Lipinski definition) is 0. The van der Waals surface area contributed by atoms with Gasteiger partial charge in [0.25, 0.3) is 0 Å². The standard InChI is InChI=1S/C30H38OSi2/c1-5-6-7-8-9-13-20-27(2)31-33(29-23-16-11-17-24-29,30-25-18-12-19-26-30)32(3,4)28-21-14-10-15-22-28/h10-12,14-19,21-27H,5-9H2,1-4H3/t27-/m1/s1. The van der Waals surface area contributed by atoms with Crippen molar-refractivity contribution in [1.82, 2.24) is 0 Å². The van der Waals surface area contributed by atoms with Crippen molar-refractivity contribution in [3.8, 4) is 11.8 Å². The average Bonchev–Trinajstić information content (AvgIpc) is 2.86. The fraction of sp³-hybridized carbons (Fsp3) is 0.333. The fourth-order valence-corrected chi connectivity index (χ4v) is 18.9. The van der Waals surface area contributed by atoms with Gasteiger partial charge in [0.05, 0.1) is 0 Å². The summed E-state index contributed by atoms with van der Waals surface area (Å²) in [4.78, 5) is 0. The summed E-state index contributed by atoms with van der Waals surface area (Å²) in [6.45, 7) is 9.36. The van der Waals surface area contributed by atoms with Crippen LogP contribution in [0, 0.1) is 11.8 Å². The third kappa shape index (κ3) is 5.95. The molecular weight excluding hydrogens is 433 g/mol. The van der Waals surface area contributed by atoms with Crippen LogP contribution in [0.2, 0.25) is 13.1 Å². The summed E-state index contributed by atoms with van der Waals surface area (Å²) in [5, 5.41) is 4.12. The Morgan fingerprint density at radius 2 is 1.18 bits per heavy atom. The van der Waals surface area contributed by atoms with Gasteiger partial charge in [-0.25, -0.2) is 0 Å². The first-order chi connectivity index (χ1) is 16.0. The SMILES string of the molecule is CCCCCCC#C[C@@H](C)O[Si](c1ccccc1)(c1ccccc1)[Si](C)(C)c1ccccc1. The molecule has 3 aromatic rings. The van der Waals surface area contributed by atoms with Crippen molar-refractivity contribution in [1.29, 1.82) is 0 Å². The van der Waals surface area contributed by atoms with E-state index in [1.807, 2.05) is 0 Å². The number of hydrogen-bond acceptors (Lipinski definition) is 1. The molecule has 0 aliphatic heterocycles. The maximum atomic E-state index is 7.28. The molecule has 3 rings (SSSR count). The van der Waals surface area contributed by atoms with Crippen LogP contribution >= 0.6 is 0 Å². The van der Waals surface area contributed by atoms with Gasteiger partial charge in [-0.3, -0.25) is 0 Å². The molecule has 0 aromatic heterocycles. The minimum atomic E-state index is -2.62. The normalized spacial score (nSPS) is 12.6. The molecule has 3 aromatic carbocycles. The molecule has 0 aliphatic rings. The smallest absolute Gasteiger partial charge is 0.247 e. The van der Waals surface area contributed by atoms with Crippen molar-refractivity contribution in [3.63, 3.8) is 0 Å². The maximum absolute atomic E-state index is 7.28. The minimum absolute atomic E-state index is 0.112. The van der Waals surface area contributed by atoms with E-state index in [1.54, 1.807) is 0 Å². The number of unbranched alkanes of at least 4 members (excludes halogenated alkanes) is 4. The molecule has 172 valence electrons. The van der Waals surface area contributed by atoms with Gasteiger partial charge in [-0.2, -0.15) is 0 Å². The zero-order valence-corrected chi connectivity index (χ0v) is 22.7. The van der Waals surface area contributed by atoms with Crippen molar-refractivity contribution in [3.05, 3.63) is 91.0 Å². The van der Waals surface area contributed by atoms with Gasteiger partial charge in [0.15, 0.2) is 0 Å². The molecule has 0 unspecified atom stereocenters. The van der Waals surface area contributed by atoms with E-state index in [4.69, 9.17) is 4.43 Å². The Bertz CT molecular complexity index is 981. The number of benzene rings is 3. The van der Waals surface area contributed by atoms with Crippen LogP contribution in [0.1, 0.15) is 46.0 Å². The van der Waals surface area contributed by atoms with Gasteiger partial charge >= 0.3 is 0 Å². The van der Waals surface area contributed by atoms with E-state index in [0.29, 0.717) is 0 Å². The first-order valence-electron chi connectivity index (χ1n) is 12.3. The minimum Gasteiger partial charge on any atom is -0.397 e. The van der Waals surface area contributed by atoms with Gasteiger partial charge in [0.2, 0.25) is 7.83 Å². The highest BCUT2D eigenvalue weighted by Crippen LogP contribution is 2.23. The summed E-state index contributed by atoms with van der Waals surface area (Å²) in [7, 11) is -4.74. The van der Waals surface area contributed by atoms with Gasteiger partial charge in [-0.05, 0) is 23.7 Å². The summed E-state index contributed by atoms with van der Waals surface area (Å²) in [6.07, 6.45) is 5.84. The molecule has 0 saturated carbocycles. The highest BCUT2D eigenvalue weighted by Gasteiger charge is 2.55. The van der Waals surface area contributed by atoms with E-state index in [-0.39, 0.29) is 6.10 Å². The lowest BCUT2D eigenvalue weighted by Gasteiger charge is -2.45. The van der Waals surface area contributed by atoms with Crippen molar-refractivity contribution >= 4 is 31.0 Å². The lowest BCUT2D eigenvalue weighted by molar-refractivity contribution is 0.285. The third-order valence-electron chi connectivity index (χ3n) is 6.55. The van der Waals surface area contributed by atoms with Gasteiger partial charge in [-0.15, -0.1) is 5.92 Å². The predicted molar refractivity (Wildman–Crippen MR) is 149 cm³/mol. The van der Waals surface area contributed by atoms with Gasteiger partial charge in [-0.1, -0.05) is 141 Å². The molecule has 0 N–H and O–H groups in total. The molecule has 3 heteroatoms. The Labute approximate surface area is 203 Å². The lowest BCUT2D eigenvalue weighted by atomic mass is 10.1. The molecule has 1 nitrogen and oxygen atoms in total. The Morgan fingerprint density at radius 1 is 0.697 bits per heavy atom. The van der Waals surface area contributed by atoms with Crippen LogP contribution in [-0.4, -0.2) is 21.5 Å². The van der Waals surface area contributed by atoms with Gasteiger partial charge in [0, 0.05) is 6.42 Å². The van der Waals surface area contributed by atoms with Gasteiger partial charge < -0.3 is 4.43 Å². The van der Waals surface area contributed by atoms with Crippen molar-refractivity contribution < 1.29 is 4.43 Å². The van der Waals surface area contributed by atoms with Crippen molar-refractivity contribution in [2.45, 2.75) is 65.1 Å². The predicted octanol–water partition coefficient (Wildman–Crippen LogP) is 5.82. The summed E-state index contributed by atoms with van der Waals surface area (Å²) in [6, 6.07) is 33.0. The van der Waals surface area contributed by atoms with E-state index in [0.717, 1.165) is 6.42 Å². The van der Waals surface area contributed by atoms with Crippen LogP contribution in [0.3, 0.4) is 0 Å². The zero-order valence-electron chi connectivity index (χ0n) is 20.7.